The molecule has 1 unspecified atom stereocenters. The first-order valence-corrected chi connectivity index (χ1v) is 10.0. The number of nitrogens with one attached hydrogen (secondary N) is 1. The van der Waals surface area contributed by atoms with Crippen LogP contribution in [0.25, 0.3) is 17.2 Å². The van der Waals surface area contributed by atoms with Gasteiger partial charge in [0, 0.05) is 36.8 Å². The molecule has 0 saturated carbocycles. The zero-order valence-corrected chi connectivity index (χ0v) is 17.1. The van der Waals surface area contributed by atoms with Gasteiger partial charge < -0.3 is 9.72 Å². The van der Waals surface area contributed by atoms with Crippen LogP contribution in [0.1, 0.15) is 37.6 Å². The Morgan fingerprint density at radius 2 is 1.93 bits per heavy atom. The number of amides is 1. The van der Waals surface area contributed by atoms with Crippen LogP contribution in [-0.2, 0) is 16.6 Å². The minimum absolute atomic E-state index is 0.0401. The lowest BCUT2D eigenvalue weighted by atomic mass is 9.75. The maximum atomic E-state index is 12.6. The number of anilines is 1. The molecule has 1 amide bonds. The van der Waals surface area contributed by atoms with Crippen molar-refractivity contribution in [1.29, 1.82) is 0 Å². The van der Waals surface area contributed by atoms with Gasteiger partial charge in [0.15, 0.2) is 11.5 Å². The summed E-state index contributed by atoms with van der Waals surface area (Å²) >= 11 is 0. The van der Waals surface area contributed by atoms with E-state index in [1.165, 1.54) is 0 Å². The summed E-state index contributed by atoms with van der Waals surface area (Å²) in [4.78, 5) is 31.1. The largest absolute Gasteiger partial charge is 0.310 e. The number of rotatable bonds is 4. The molecule has 4 aromatic rings. The Morgan fingerprint density at radius 1 is 1.13 bits per heavy atom. The van der Waals surface area contributed by atoms with Gasteiger partial charge in [0.05, 0.1) is 11.1 Å². The predicted molar refractivity (Wildman–Crippen MR) is 114 cm³/mol. The summed E-state index contributed by atoms with van der Waals surface area (Å²) in [5.41, 5.74) is 3.66. The summed E-state index contributed by atoms with van der Waals surface area (Å²) in [6.45, 7) is 6.01. The smallest absolute Gasteiger partial charge is 0.236 e. The molecule has 1 atom stereocenters. The highest BCUT2D eigenvalue weighted by Gasteiger charge is 2.46. The summed E-state index contributed by atoms with van der Waals surface area (Å²) in [5.74, 6) is 1.14. The van der Waals surface area contributed by atoms with Gasteiger partial charge in [-0.25, -0.2) is 19.9 Å². The maximum Gasteiger partial charge on any atom is 0.236 e. The Kier molecular flexibility index (Phi) is 4.13. The van der Waals surface area contributed by atoms with Gasteiger partial charge in [0.2, 0.25) is 5.91 Å². The number of imidazole rings is 1. The van der Waals surface area contributed by atoms with Crippen LogP contribution in [0.3, 0.4) is 0 Å². The van der Waals surface area contributed by atoms with Crippen LogP contribution < -0.4 is 5.32 Å². The van der Waals surface area contributed by atoms with Gasteiger partial charge in [-0.3, -0.25) is 4.79 Å². The maximum absolute atomic E-state index is 12.6. The number of benzene rings is 1. The average Bonchev–Trinajstić information content (AvgIpc) is 3.32. The fraction of sp³-hybridized carbons (Fsp3) is 0.261. The summed E-state index contributed by atoms with van der Waals surface area (Å²) < 4.78 is 1.94. The average molecular weight is 398 g/mol. The quantitative estimate of drug-likeness (QED) is 0.567. The molecule has 7 nitrogen and oxygen atoms in total. The van der Waals surface area contributed by atoms with E-state index in [1.807, 2.05) is 55.8 Å². The summed E-state index contributed by atoms with van der Waals surface area (Å²) in [5, 5.41) is 2.93. The standard InChI is InChI=1S/C23H22N6O/c1-14(2)23(3)16-12-25-20(27-19(16)28-22(23)30)18-13-29-10-9-24-21(29)17(26-18)11-15-7-5-4-6-8-15/h4-10,12-14H,11H2,1-3H3,(H,25,27,28,30). The molecule has 150 valence electrons. The molecule has 1 N–H and O–H groups in total. The lowest BCUT2D eigenvalue weighted by molar-refractivity contribution is -0.121. The van der Waals surface area contributed by atoms with Crippen molar-refractivity contribution in [1.82, 2.24) is 24.3 Å². The van der Waals surface area contributed by atoms with E-state index in [9.17, 15) is 4.79 Å². The monoisotopic (exact) mass is 398 g/mol. The molecule has 7 heteroatoms. The summed E-state index contributed by atoms with van der Waals surface area (Å²) in [6, 6.07) is 10.2. The zero-order chi connectivity index (χ0) is 20.9. The topological polar surface area (TPSA) is 85.1 Å². The summed E-state index contributed by atoms with van der Waals surface area (Å²) in [6.07, 6.45) is 7.93. The second-order valence-corrected chi connectivity index (χ2v) is 8.16. The molecule has 1 aliphatic rings. The molecule has 0 spiro atoms. The van der Waals surface area contributed by atoms with E-state index in [4.69, 9.17) is 4.98 Å². The van der Waals surface area contributed by atoms with Crippen molar-refractivity contribution in [3.8, 4) is 11.5 Å². The Balaban J connectivity index is 1.59. The second-order valence-electron chi connectivity index (χ2n) is 8.16. The first kappa shape index (κ1) is 18.4. The van der Waals surface area contributed by atoms with Crippen LogP contribution >= 0.6 is 0 Å². The van der Waals surface area contributed by atoms with Crippen LogP contribution in [0.4, 0.5) is 5.82 Å². The molecule has 30 heavy (non-hydrogen) atoms. The molecule has 0 radical (unpaired) electrons. The number of aromatic nitrogens is 5. The van der Waals surface area contributed by atoms with Crippen LogP contribution in [0.2, 0.25) is 0 Å². The van der Waals surface area contributed by atoms with Gasteiger partial charge in [-0.2, -0.15) is 0 Å². The van der Waals surface area contributed by atoms with Crippen molar-refractivity contribution in [3.05, 3.63) is 71.9 Å². The zero-order valence-electron chi connectivity index (χ0n) is 17.1. The highest BCUT2D eigenvalue weighted by molar-refractivity contribution is 6.05. The van der Waals surface area contributed by atoms with Crippen LogP contribution in [-0.4, -0.2) is 30.2 Å². The number of hydrogen-bond donors (Lipinski definition) is 1. The van der Waals surface area contributed by atoms with Crippen LogP contribution in [0.5, 0.6) is 0 Å². The molecule has 0 bridgehead atoms. The highest BCUT2D eigenvalue weighted by atomic mass is 16.2. The fourth-order valence-electron chi connectivity index (χ4n) is 3.93. The number of fused-ring (bicyclic) bond motifs is 2. The van der Waals surface area contributed by atoms with Gasteiger partial charge in [-0.1, -0.05) is 44.2 Å². The molecular formula is C23H22N6O. The molecule has 4 heterocycles. The molecule has 0 aliphatic carbocycles. The third kappa shape index (κ3) is 2.77. The van der Waals surface area contributed by atoms with E-state index in [1.54, 1.807) is 12.4 Å². The number of carbonyl (C=O) groups excluding carboxylic acids is 1. The van der Waals surface area contributed by atoms with Crippen molar-refractivity contribution < 1.29 is 4.79 Å². The normalized spacial score (nSPS) is 18.1. The van der Waals surface area contributed by atoms with Gasteiger partial charge in [0.1, 0.15) is 11.5 Å². The lowest BCUT2D eigenvalue weighted by Crippen LogP contribution is -2.36. The fourth-order valence-corrected chi connectivity index (χ4v) is 3.93. The van der Waals surface area contributed by atoms with Crippen LogP contribution in [0.15, 0.2) is 55.1 Å². The minimum atomic E-state index is -0.631. The van der Waals surface area contributed by atoms with E-state index in [0.29, 0.717) is 23.8 Å². The SMILES string of the molecule is CC(C)C1(C)C(=O)Nc2nc(-c3cn4ccnc4c(Cc4ccccc4)n3)ncc21. The molecule has 1 aromatic carbocycles. The molecule has 0 fully saturated rings. The van der Waals surface area contributed by atoms with Crippen molar-refractivity contribution in [3.63, 3.8) is 0 Å². The third-order valence-corrected chi connectivity index (χ3v) is 6.09. The molecule has 5 rings (SSSR count). The Hall–Kier alpha value is -3.61. The number of carbonyl (C=O) groups is 1. The summed E-state index contributed by atoms with van der Waals surface area (Å²) in [7, 11) is 0. The van der Waals surface area contributed by atoms with E-state index < -0.39 is 5.41 Å². The Bertz CT molecular complexity index is 1260. The Morgan fingerprint density at radius 3 is 2.70 bits per heavy atom. The molecule has 3 aromatic heterocycles. The molecule has 1 aliphatic heterocycles. The van der Waals surface area contributed by atoms with Crippen molar-refractivity contribution >= 4 is 17.4 Å². The van der Waals surface area contributed by atoms with Crippen molar-refractivity contribution in [2.24, 2.45) is 5.92 Å². The first-order chi connectivity index (χ1) is 14.5. The van der Waals surface area contributed by atoms with E-state index in [0.717, 1.165) is 22.5 Å². The lowest BCUT2D eigenvalue weighted by Gasteiger charge is -2.25. The molecule has 0 saturated heterocycles. The van der Waals surface area contributed by atoms with E-state index in [2.05, 4.69) is 32.4 Å². The second kappa shape index (κ2) is 6.73. The minimum Gasteiger partial charge on any atom is -0.310 e. The van der Waals surface area contributed by atoms with Gasteiger partial charge >= 0.3 is 0 Å². The number of nitrogens with zero attached hydrogens (tertiary/aromatic N) is 5. The van der Waals surface area contributed by atoms with E-state index >= 15 is 0 Å². The van der Waals surface area contributed by atoms with Crippen molar-refractivity contribution in [2.45, 2.75) is 32.6 Å². The number of hydrogen-bond acceptors (Lipinski definition) is 5. The molecular weight excluding hydrogens is 376 g/mol. The van der Waals surface area contributed by atoms with Crippen LogP contribution in [0, 0.1) is 5.92 Å². The predicted octanol–water partition coefficient (Wildman–Crippen LogP) is 3.64. The van der Waals surface area contributed by atoms with Gasteiger partial charge in [-0.05, 0) is 18.4 Å². The first-order valence-electron chi connectivity index (χ1n) is 10.0. The third-order valence-electron chi connectivity index (χ3n) is 6.09. The Labute approximate surface area is 174 Å². The van der Waals surface area contributed by atoms with E-state index in [-0.39, 0.29) is 11.8 Å². The highest BCUT2D eigenvalue weighted by Crippen LogP contribution is 2.41. The van der Waals surface area contributed by atoms with Gasteiger partial charge in [-0.15, -0.1) is 0 Å². The van der Waals surface area contributed by atoms with Crippen molar-refractivity contribution in [2.75, 3.05) is 5.32 Å². The van der Waals surface area contributed by atoms with Gasteiger partial charge in [0.25, 0.3) is 0 Å².